The summed E-state index contributed by atoms with van der Waals surface area (Å²) >= 11 is 0. The summed E-state index contributed by atoms with van der Waals surface area (Å²) in [6.45, 7) is 3.84. The van der Waals surface area contributed by atoms with Crippen molar-refractivity contribution in [2.24, 2.45) is 0 Å². The van der Waals surface area contributed by atoms with Crippen LogP contribution in [0.2, 0.25) is 0 Å². The summed E-state index contributed by atoms with van der Waals surface area (Å²) in [5.41, 5.74) is 3.58. The second-order valence-corrected chi connectivity index (χ2v) is 10.4. The van der Waals surface area contributed by atoms with Gasteiger partial charge in [-0.05, 0) is 73.5 Å². The van der Waals surface area contributed by atoms with Crippen LogP contribution in [-0.2, 0) is 10.3 Å². The number of esters is 3. The van der Waals surface area contributed by atoms with Crippen LogP contribution in [-0.4, -0.2) is 17.9 Å². The highest BCUT2D eigenvalue weighted by Crippen LogP contribution is 2.57. The van der Waals surface area contributed by atoms with Gasteiger partial charge in [-0.15, -0.1) is 0 Å². The highest BCUT2D eigenvalue weighted by Gasteiger charge is 2.54. The van der Waals surface area contributed by atoms with E-state index in [1.807, 2.05) is 38.1 Å². The molecule has 0 saturated heterocycles. The summed E-state index contributed by atoms with van der Waals surface area (Å²) in [7, 11) is 0. The Morgan fingerprint density at radius 1 is 0.628 bits per heavy atom. The molecule has 0 amide bonds. The van der Waals surface area contributed by atoms with Gasteiger partial charge in [0.1, 0.15) is 23.0 Å². The van der Waals surface area contributed by atoms with Gasteiger partial charge in [-0.2, -0.15) is 0 Å². The van der Waals surface area contributed by atoms with Crippen LogP contribution in [0.5, 0.6) is 23.0 Å². The first kappa shape index (κ1) is 26.2. The van der Waals surface area contributed by atoms with Crippen molar-refractivity contribution in [3.63, 3.8) is 0 Å². The van der Waals surface area contributed by atoms with Gasteiger partial charge in [0.15, 0.2) is 5.60 Å². The molecule has 0 N–H and O–H groups in total. The fourth-order valence-electron chi connectivity index (χ4n) is 5.64. The minimum absolute atomic E-state index is 0.252. The van der Waals surface area contributed by atoms with Gasteiger partial charge >= 0.3 is 17.9 Å². The standard InChI is InChI=1S/C36H24O7/c1-21-13-16-29-32(22(21)2)35(39)43-36(29)27-17-14-25(40-33(37)23-9-5-3-6-10-23)19-30(27)42-31-20-26(15-18-28(31)36)41-34(38)24-11-7-4-8-12-24/h3-20H,1-2H3. The quantitative estimate of drug-likeness (QED) is 0.166. The monoisotopic (exact) mass is 568 g/mol. The number of carbonyl (C=O) groups is 3. The fraction of sp³-hybridized carbons (Fsp3) is 0.0833. The maximum Gasteiger partial charge on any atom is 0.343 e. The van der Waals surface area contributed by atoms with Crippen LogP contribution in [0.4, 0.5) is 0 Å². The van der Waals surface area contributed by atoms with Crippen LogP contribution in [0.1, 0.15) is 58.9 Å². The Morgan fingerprint density at radius 3 is 1.63 bits per heavy atom. The lowest BCUT2D eigenvalue weighted by molar-refractivity contribution is 0.0224. The number of fused-ring (bicyclic) bond motifs is 6. The molecule has 7 nitrogen and oxygen atoms in total. The van der Waals surface area contributed by atoms with Gasteiger partial charge in [0.05, 0.1) is 16.7 Å². The van der Waals surface area contributed by atoms with Crippen LogP contribution in [0.25, 0.3) is 0 Å². The summed E-state index contributed by atoms with van der Waals surface area (Å²) in [4.78, 5) is 39.0. The summed E-state index contributed by atoms with van der Waals surface area (Å²) in [6, 6.07) is 31.1. The second kappa shape index (κ2) is 9.99. The van der Waals surface area contributed by atoms with E-state index in [9.17, 15) is 14.4 Å². The van der Waals surface area contributed by atoms with Crippen molar-refractivity contribution in [2.75, 3.05) is 0 Å². The predicted octanol–water partition coefficient (Wildman–Crippen LogP) is 7.31. The number of ether oxygens (including phenoxy) is 4. The lowest BCUT2D eigenvalue weighted by atomic mass is 9.76. The minimum Gasteiger partial charge on any atom is -0.456 e. The van der Waals surface area contributed by atoms with Crippen molar-refractivity contribution in [2.45, 2.75) is 19.4 Å². The molecule has 1 spiro atoms. The van der Waals surface area contributed by atoms with Crippen molar-refractivity contribution < 1.29 is 33.3 Å². The number of hydrogen-bond donors (Lipinski definition) is 0. The minimum atomic E-state index is -1.34. The molecule has 5 aromatic carbocycles. The molecule has 0 unspecified atom stereocenters. The van der Waals surface area contributed by atoms with Crippen molar-refractivity contribution in [3.8, 4) is 23.0 Å². The Balaban J connectivity index is 1.34. The lowest BCUT2D eigenvalue weighted by Crippen LogP contribution is -2.33. The summed E-state index contributed by atoms with van der Waals surface area (Å²) in [6.07, 6.45) is 0. The van der Waals surface area contributed by atoms with Crippen molar-refractivity contribution in [1.82, 2.24) is 0 Å². The molecule has 2 heterocycles. The van der Waals surface area contributed by atoms with E-state index in [0.717, 1.165) is 11.1 Å². The molecular weight excluding hydrogens is 544 g/mol. The summed E-state index contributed by atoms with van der Waals surface area (Å²) in [5.74, 6) is -0.331. The smallest absolute Gasteiger partial charge is 0.343 e. The van der Waals surface area contributed by atoms with Gasteiger partial charge in [-0.25, -0.2) is 14.4 Å². The molecule has 0 saturated carbocycles. The molecule has 210 valence electrons. The third-order valence-electron chi connectivity index (χ3n) is 7.89. The van der Waals surface area contributed by atoms with Crippen molar-refractivity contribution in [1.29, 1.82) is 0 Å². The maximum absolute atomic E-state index is 13.5. The van der Waals surface area contributed by atoms with Gasteiger partial charge < -0.3 is 18.9 Å². The van der Waals surface area contributed by atoms with E-state index in [0.29, 0.717) is 44.9 Å². The topological polar surface area (TPSA) is 88.1 Å². The highest BCUT2D eigenvalue weighted by molar-refractivity contribution is 5.99. The van der Waals surface area contributed by atoms with Crippen LogP contribution in [0, 0.1) is 13.8 Å². The predicted molar refractivity (Wildman–Crippen MR) is 157 cm³/mol. The molecule has 7 heteroatoms. The van der Waals surface area contributed by atoms with Crippen molar-refractivity contribution >= 4 is 17.9 Å². The molecule has 2 aliphatic rings. The Morgan fingerprint density at radius 2 is 1.12 bits per heavy atom. The van der Waals surface area contributed by atoms with E-state index in [1.165, 1.54) is 0 Å². The van der Waals surface area contributed by atoms with Crippen molar-refractivity contribution in [3.05, 3.63) is 154 Å². The van der Waals surface area contributed by atoms with E-state index in [-0.39, 0.29) is 11.5 Å². The van der Waals surface area contributed by atoms with Gasteiger partial charge in [0, 0.05) is 28.8 Å². The number of aryl methyl sites for hydroxylation is 1. The molecule has 5 aromatic rings. The molecule has 7 rings (SSSR count). The molecule has 0 fully saturated rings. The second-order valence-electron chi connectivity index (χ2n) is 10.4. The molecule has 2 aliphatic heterocycles. The molecule has 0 aromatic heterocycles. The molecule has 0 atom stereocenters. The van der Waals surface area contributed by atoms with Gasteiger partial charge in [-0.1, -0.05) is 48.5 Å². The molecule has 0 bridgehead atoms. The van der Waals surface area contributed by atoms with Gasteiger partial charge in [0.2, 0.25) is 0 Å². The fourth-order valence-corrected chi connectivity index (χ4v) is 5.64. The van der Waals surface area contributed by atoms with Crippen LogP contribution >= 0.6 is 0 Å². The average Bonchev–Trinajstić information content (AvgIpc) is 3.32. The first-order valence-electron chi connectivity index (χ1n) is 13.7. The van der Waals surface area contributed by atoms with E-state index < -0.39 is 23.5 Å². The zero-order chi connectivity index (χ0) is 29.7. The average molecular weight is 569 g/mol. The zero-order valence-corrected chi connectivity index (χ0v) is 23.3. The Kier molecular flexibility index (Phi) is 6.09. The molecule has 43 heavy (non-hydrogen) atoms. The molecule has 0 aliphatic carbocycles. The van der Waals surface area contributed by atoms with Crippen LogP contribution in [0.15, 0.2) is 109 Å². The van der Waals surface area contributed by atoms with Gasteiger partial charge in [-0.3, -0.25) is 0 Å². The first-order chi connectivity index (χ1) is 20.8. The van der Waals surface area contributed by atoms with Gasteiger partial charge in [0.25, 0.3) is 0 Å². The third-order valence-corrected chi connectivity index (χ3v) is 7.89. The third kappa shape index (κ3) is 4.25. The van der Waals surface area contributed by atoms with E-state index in [4.69, 9.17) is 18.9 Å². The maximum atomic E-state index is 13.5. The number of carbonyl (C=O) groups excluding carboxylic acids is 3. The Hall–Kier alpha value is -5.69. The highest BCUT2D eigenvalue weighted by atomic mass is 16.6. The number of benzene rings is 5. The Bertz CT molecular complexity index is 1840. The van der Waals surface area contributed by atoms with Crippen LogP contribution in [0.3, 0.4) is 0 Å². The molecule has 0 radical (unpaired) electrons. The summed E-state index contributed by atoms with van der Waals surface area (Å²) < 4.78 is 24.0. The van der Waals surface area contributed by atoms with E-state index in [2.05, 4.69) is 0 Å². The molecular formula is C36H24O7. The Labute approximate surface area is 247 Å². The largest absolute Gasteiger partial charge is 0.456 e. The van der Waals surface area contributed by atoms with E-state index in [1.54, 1.807) is 84.9 Å². The zero-order valence-electron chi connectivity index (χ0n) is 23.3. The summed E-state index contributed by atoms with van der Waals surface area (Å²) in [5, 5.41) is 0. The van der Waals surface area contributed by atoms with E-state index >= 15 is 0 Å². The number of rotatable bonds is 4. The van der Waals surface area contributed by atoms with Crippen LogP contribution < -0.4 is 14.2 Å². The normalized spacial score (nSPS) is 13.7. The SMILES string of the molecule is Cc1ccc2c(c1C)C(=O)OC21c2ccc(OC(=O)c3ccccc3)cc2Oc2cc(OC(=O)c3ccccc3)ccc21. The first-order valence-corrected chi connectivity index (χ1v) is 13.7. The number of hydrogen-bond acceptors (Lipinski definition) is 7. The lowest BCUT2D eigenvalue weighted by Gasteiger charge is -2.36.